The Morgan fingerprint density at radius 2 is 1.54 bits per heavy atom. The van der Waals surface area contributed by atoms with Crippen LogP contribution in [-0.2, 0) is 15.0 Å². The molecule has 24 heavy (non-hydrogen) atoms. The second-order valence-electron chi connectivity index (χ2n) is 6.86. The van der Waals surface area contributed by atoms with E-state index in [9.17, 15) is 14.7 Å². The zero-order valence-electron chi connectivity index (χ0n) is 14.5. The Morgan fingerprint density at radius 1 is 1.00 bits per heavy atom. The number of aliphatic carboxylic acids is 1. The van der Waals surface area contributed by atoms with Gasteiger partial charge in [-0.05, 0) is 23.5 Å². The second-order valence-corrected chi connectivity index (χ2v) is 6.86. The van der Waals surface area contributed by atoms with Crippen molar-refractivity contribution in [3.05, 3.63) is 71.3 Å². The van der Waals surface area contributed by atoms with Gasteiger partial charge in [-0.25, -0.2) is 0 Å². The molecule has 0 amide bonds. The number of aryl methyl sites for hydroxylation is 1. The molecule has 1 N–H and O–H groups in total. The lowest BCUT2D eigenvalue weighted by molar-refractivity contribution is -0.140. The van der Waals surface area contributed by atoms with Crippen LogP contribution in [0, 0.1) is 12.3 Å². The molecule has 3 nitrogen and oxygen atoms in total. The van der Waals surface area contributed by atoms with E-state index < -0.39 is 16.8 Å². The van der Waals surface area contributed by atoms with E-state index in [1.165, 1.54) is 0 Å². The highest BCUT2D eigenvalue weighted by Crippen LogP contribution is 2.50. The Morgan fingerprint density at radius 3 is 2.04 bits per heavy atom. The van der Waals surface area contributed by atoms with Gasteiger partial charge in [0, 0.05) is 11.8 Å². The number of carbonyl (C=O) groups is 2. The number of carboxylic acid groups (broad SMARTS) is 1. The summed E-state index contributed by atoms with van der Waals surface area (Å²) in [5.74, 6) is -0.895. The predicted octanol–water partition coefficient (Wildman–Crippen LogP) is 4.37. The quantitative estimate of drug-likeness (QED) is 0.769. The molecule has 0 unspecified atom stereocenters. The van der Waals surface area contributed by atoms with Crippen molar-refractivity contribution in [2.45, 2.75) is 39.0 Å². The van der Waals surface area contributed by atoms with Gasteiger partial charge in [0.25, 0.3) is 0 Å². The van der Waals surface area contributed by atoms with Crippen molar-refractivity contribution in [3.63, 3.8) is 0 Å². The zero-order chi connectivity index (χ0) is 17.8. The molecule has 126 valence electrons. The molecule has 0 radical (unpaired) electrons. The van der Waals surface area contributed by atoms with E-state index in [1.54, 1.807) is 0 Å². The monoisotopic (exact) mass is 324 g/mol. The maximum Gasteiger partial charge on any atom is 0.303 e. The molecule has 0 fully saturated rings. The van der Waals surface area contributed by atoms with Crippen LogP contribution in [0.2, 0.25) is 0 Å². The first kappa shape index (κ1) is 17.9. The van der Waals surface area contributed by atoms with Crippen LogP contribution in [0.5, 0.6) is 0 Å². The van der Waals surface area contributed by atoms with Crippen molar-refractivity contribution in [2.75, 3.05) is 0 Å². The van der Waals surface area contributed by atoms with E-state index >= 15 is 0 Å². The Balaban J connectivity index is 2.71. The summed E-state index contributed by atoms with van der Waals surface area (Å²) in [5.41, 5.74) is 1.84. The number of carbonyl (C=O) groups excluding carboxylic acids is 1. The molecule has 3 heteroatoms. The largest absolute Gasteiger partial charge is 0.481 e. The van der Waals surface area contributed by atoms with Gasteiger partial charge in [0.15, 0.2) is 0 Å². The summed E-state index contributed by atoms with van der Waals surface area (Å²) >= 11 is 0. The van der Waals surface area contributed by atoms with Crippen LogP contribution in [0.1, 0.15) is 43.4 Å². The van der Waals surface area contributed by atoms with E-state index in [0.717, 1.165) is 23.0 Å². The Hall–Kier alpha value is -2.42. The lowest BCUT2D eigenvalue weighted by atomic mass is 9.56. The first-order chi connectivity index (χ1) is 11.3. The topological polar surface area (TPSA) is 54.4 Å². The van der Waals surface area contributed by atoms with Crippen LogP contribution in [0.15, 0.2) is 54.6 Å². The minimum atomic E-state index is -0.895. The first-order valence-electron chi connectivity index (χ1n) is 8.11. The van der Waals surface area contributed by atoms with Crippen molar-refractivity contribution in [3.8, 4) is 0 Å². The van der Waals surface area contributed by atoms with Gasteiger partial charge in [0.05, 0.1) is 6.42 Å². The average molecular weight is 324 g/mol. The van der Waals surface area contributed by atoms with Crippen molar-refractivity contribution < 1.29 is 14.7 Å². The van der Waals surface area contributed by atoms with Crippen LogP contribution in [0.3, 0.4) is 0 Å². The number of hydrogen-bond acceptors (Lipinski definition) is 2. The maximum atomic E-state index is 11.5. The molecule has 0 bridgehead atoms. The molecular formula is C21H24O3. The van der Waals surface area contributed by atoms with Gasteiger partial charge >= 0.3 is 5.97 Å². The molecule has 0 saturated heterocycles. The highest BCUT2D eigenvalue weighted by molar-refractivity contribution is 5.70. The van der Waals surface area contributed by atoms with Crippen LogP contribution < -0.4 is 0 Å². The third kappa shape index (κ3) is 3.25. The SMILES string of the molecule is Cc1ccc([C@@](C)(c2ccccc2)[C@@](C)(CC=O)CC(=O)O)cc1. The Labute approximate surface area is 143 Å². The van der Waals surface area contributed by atoms with Gasteiger partial charge in [-0.15, -0.1) is 0 Å². The summed E-state index contributed by atoms with van der Waals surface area (Å²) in [6, 6.07) is 18.0. The molecule has 2 aromatic rings. The molecule has 0 aromatic heterocycles. The minimum Gasteiger partial charge on any atom is -0.481 e. The van der Waals surface area contributed by atoms with Gasteiger partial charge in [-0.3, -0.25) is 4.79 Å². The predicted molar refractivity (Wildman–Crippen MR) is 95.1 cm³/mol. The third-order valence-electron chi connectivity index (χ3n) is 5.26. The van der Waals surface area contributed by atoms with E-state index in [2.05, 4.69) is 0 Å². The van der Waals surface area contributed by atoms with Gasteiger partial charge in [-0.1, -0.05) is 74.0 Å². The molecular weight excluding hydrogens is 300 g/mol. The fourth-order valence-electron chi connectivity index (χ4n) is 3.49. The van der Waals surface area contributed by atoms with Gasteiger partial charge in [-0.2, -0.15) is 0 Å². The smallest absolute Gasteiger partial charge is 0.303 e. The molecule has 2 rings (SSSR count). The fourth-order valence-corrected chi connectivity index (χ4v) is 3.49. The van der Waals surface area contributed by atoms with E-state index in [-0.39, 0.29) is 12.8 Å². The molecule has 2 atom stereocenters. The number of carboxylic acids is 1. The maximum absolute atomic E-state index is 11.5. The van der Waals surface area contributed by atoms with E-state index in [0.29, 0.717) is 0 Å². The molecule has 0 spiro atoms. The molecule has 0 saturated carbocycles. The summed E-state index contributed by atoms with van der Waals surface area (Å²) in [4.78, 5) is 22.9. The molecule has 0 aliphatic rings. The van der Waals surface area contributed by atoms with E-state index in [1.807, 2.05) is 75.4 Å². The van der Waals surface area contributed by atoms with Gasteiger partial charge < -0.3 is 9.90 Å². The van der Waals surface area contributed by atoms with Gasteiger partial charge in [0.1, 0.15) is 6.29 Å². The molecule has 0 aliphatic carbocycles. The number of benzene rings is 2. The zero-order valence-corrected chi connectivity index (χ0v) is 14.5. The normalized spacial score (nSPS) is 16.0. The minimum absolute atomic E-state index is 0.0784. The summed E-state index contributed by atoms with van der Waals surface area (Å²) in [6.45, 7) is 5.95. The van der Waals surface area contributed by atoms with Crippen molar-refractivity contribution >= 4 is 12.3 Å². The van der Waals surface area contributed by atoms with Crippen LogP contribution >= 0.6 is 0 Å². The fraction of sp³-hybridized carbons (Fsp3) is 0.333. The highest BCUT2D eigenvalue weighted by Gasteiger charge is 2.47. The molecule has 2 aromatic carbocycles. The summed E-state index contributed by atoms with van der Waals surface area (Å²) in [7, 11) is 0. The van der Waals surface area contributed by atoms with Crippen LogP contribution in [0.25, 0.3) is 0 Å². The number of aldehydes is 1. The van der Waals surface area contributed by atoms with Crippen LogP contribution in [0.4, 0.5) is 0 Å². The number of rotatable bonds is 7. The standard InChI is InChI=1S/C21H24O3/c1-16-9-11-18(12-10-16)21(3,17-7-5-4-6-8-17)20(2,13-14-22)15-19(23)24/h4-12,14H,13,15H2,1-3H3,(H,23,24)/t20-,21+/m0/s1. The third-order valence-corrected chi connectivity index (χ3v) is 5.26. The molecule has 0 aliphatic heterocycles. The van der Waals surface area contributed by atoms with Gasteiger partial charge in [0.2, 0.25) is 0 Å². The molecule has 0 heterocycles. The second kappa shape index (κ2) is 7.00. The lowest BCUT2D eigenvalue weighted by Crippen LogP contribution is -2.44. The van der Waals surface area contributed by atoms with Crippen molar-refractivity contribution in [2.24, 2.45) is 5.41 Å². The summed E-state index contributed by atoms with van der Waals surface area (Å²) in [6.07, 6.45) is 0.932. The van der Waals surface area contributed by atoms with E-state index in [4.69, 9.17) is 0 Å². The highest BCUT2D eigenvalue weighted by atomic mass is 16.4. The summed E-state index contributed by atoms with van der Waals surface area (Å²) in [5, 5.41) is 9.46. The Kier molecular flexibility index (Phi) is 5.23. The van der Waals surface area contributed by atoms with Crippen molar-refractivity contribution in [1.29, 1.82) is 0 Å². The van der Waals surface area contributed by atoms with Crippen molar-refractivity contribution in [1.82, 2.24) is 0 Å². The number of hydrogen-bond donors (Lipinski definition) is 1. The van der Waals surface area contributed by atoms with Crippen LogP contribution in [-0.4, -0.2) is 17.4 Å². The summed E-state index contributed by atoms with van der Waals surface area (Å²) < 4.78 is 0. The average Bonchev–Trinajstić information content (AvgIpc) is 2.55. The Bertz CT molecular complexity index is 706. The lowest BCUT2D eigenvalue weighted by Gasteiger charge is -2.46. The first-order valence-corrected chi connectivity index (χ1v) is 8.11.